The number of quaternary nitrogens is 1. The van der Waals surface area contributed by atoms with E-state index in [0.29, 0.717) is 29.9 Å². The van der Waals surface area contributed by atoms with Crippen LogP contribution in [0.4, 0.5) is 4.39 Å². The Morgan fingerprint density at radius 1 is 1.07 bits per heavy atom. The van der Waals surface area contributed by atoms with Crippen LogP contribution in [0.3, 0.4) is 0 Å². The number of hydrogen-bond acceptors (Lipinski definition) is 2. The molecule has 0 spiro atoms. The van der Waals surface area contributed by atoms with E-state index in [0.717, 1.165) is 25.8 Å². The van der Waals surface area contributed by atoms with E-state index in [1.807, 2.05) is 0 Å². The average molecular weight is 403 g/mol. The van der Waals surface area contributed by atoms with Gasteiger partial charge in [-0.1, -0.05) is 0 Å². The number of carbonyl (C=O) groups is 2. The summed E-state index contributed by atoms with van der Waals surface area (Å²) in [6, 6.07) is 5.01. The molecule has 4 fully saturated rings. The summed E-state index contributed by atoms with van der Waals surface area (Å²) < 4.78 is 13.3. The molecule has 5 rings (SSSR count). The van der Waals surface area contributed by atoms with Crippen LogP contribution in [0.15, 0.2) is 24.3 Å². The summed E-state index contributed by atoms with van der Waals surface area (Å²) in [4.78, 5) is 27.5. The van der Waals surface area contributed by atoms with Crippen LogP contribution in [0.25, 0.3) is 0 Å². The molecule has 0 heterocycles. The number of benzene rings is 1. The van der Waals surface area contributed by atoms with Crippen molar-refractivity contribution in [1.82, 2.24) is 10.6 Å². The van der Waals surface area contributed by atoms with Crippen LogP contribution in [0.2, 0.25) is 0 Å². The van der Waals surface area contributed by atoms with Gasteiger partial charge in [0.25, 0.3) is 5.91 Å². The lowest BCUT2D eigenvalue weighted by Gasteiger charge is -2.58. The Morgan fingerprint density at radius 2 is 1.62 bits per heavy atom. The summed E-state index contributed by atoms with van der Waals surface area (Å²) in [5.41, 5.74) is 0.256. The van der Waals surface area contributed by atoms with E-state index in [4.69, 9.17) is 0 Å². The van der Waals surface area contributed by atoms with Crippen molar-refractivity contribution >= 4 is 11.8 Å². The van der Waals surface area contributed by atoms with Crippen LogP contribution < -0.4 is 15.5 Å². The quantitative estimate of drug-likeness (QED) is 0.646. The van der Waals surface area contributed by atoms with Gasteiger partial charge in [-0.25, -0.2) is 4.39 Å². The van der Waals surface area contributed by atoms with Crippen LogP contribution in [0.5, 0.6) is 0 Å². The lowest BCUT2D eigenvalue weighted by atomic mass is 9.47. The molecule has 0 unspecified atom stereocenters. The van der Waals surface area contributed by atoms with Crippen LogP contribution in [0.1, 0.15) is 48.9 Å². The maximum Gasteiger partial charge on any atom is 0.251 e. The average Bonchev–Trinajstić information content (AvgIpc) is 2.65. The Kier molecular flexibility index (Phi) is 5.65. The Morgan fingerprint density at radius 3 is 2.14 bits per heavy atom. The van der Waals surface area contributed by atoms with Crippen LogP contribution in [0, 0.1) is 29.0 Å². The van der Waals surface area contributed by atoms with E-state index in [-0.39, 0.29) is 23.0 Å². The van der Waals surface area contributed by atoms with Gasteiger partial charge in [-0.15, -0.1) is 0 Å². The number of carbonyl (C=O) groups excluding carboxylic acids is 2. The summed E-state index contributed by atoms with van der Waals surface area (Å²) in [6.07, 6.45) is 6.93. The highest BCUT2D eigenvalue weighted by Crippen LogP contribution is 2.61. The number of rotatable bonds is 7. The van der Waals surface area contributed by atoms with Gasteiger partial charge >= 0.3 is 0 Å². The highest BCUT2D eigenvalue weighted by molar-refractivity contribution is 5.97. The molecule has 0 aliphatic heterocycles. The van der Waals surface area contributed by atoms with Crippen molar-refractivity contribution in [1.29, 1.82) is 0 Å². The molecule has 3 N–H and O–H groups in total. The zero-order valence-corrected chi connectivity index (χ0v) is 17.5. The molecule has 4 saturated carbocycles. The molecule has 6 heteroatoms. The lowest BCUT2D eigenvalue weighted by Crippen LogP contribution is -3.06. The van der Waals surface area contributed by atoms with Crippen LogP contribution in [-0.4, -0.2) is 45.0 Å². The van der Waals surface area contributed by atoms with Gasteiger partial charge in [0.2, 0.25) is 5.91 Å². The molecular weight excluding hydrogens is 369 g/mol. The van der Waals surface area contributed by atoms with Gasteiger partial charge < -0.3 is 15.5 Å². The highest BCUT2D eigenvalue weighted by Gasteiger charge is 2.56. The van der Waals surface area contributed by atoms with Crippen molar-refractivity contribution in [3.63, 3.8) is 0 Å². The monoisotopic (exact) mass is 402 g/mol. The number of halogens is 1. The van der Waals surface area contributed by atoms with Gasteiger partial charge in [-0.2, -0.15) is 0 Å². The summed E-state index contributed by atoms with van der Waals surface area (Å²) in [5.74, 6) is 1.33. The SMILES string of the molecule is C[NH+](C)CCNC(=O)[C@H](NC(=O)c1ccc(F)cc1)C12CC3CC(CC(C3)C1)C2. The van der Waals surface area contributed by atoms with Gasteiger partial charge in [0.15, 0.2) is 0 Å². The zero-order chi connectivity index (χ0) is 20.6. The number of likely N-dealkylation sites (N-methyl/N-ethyl adjacent to an activating group) is 1. The van der Waals surface area contributed by atoms with Crippen molar-refractivity contribution in [2.75, 3.05) is 27.2 Å². The maximum atomic E-state index is 13.3. The minimum atomic E-state index is -0.523. The molecule has 0 saturated heterocycles. The third kappa shape index (κ3) is 4.32. The second-order valence-corrected chi connectivity index (χ2v) is 9.94. The molecule has 2 amide bonds. The molecule has 158 valence electrons. The van der Waals surface area contributed by atoms with Crippen molar-refractivity contribution in [3.05, 3.63) is 35.6 Å². The third-order valence-corrected chi connectivity index (χ3v) is 7.27. The maximum absolute atomic E-state index is 13.3. The smallest absolute Gasteiger partial charge is 0.251 e. The van der Waals surface area contributed by atoms with E-state index in [1.54, 1.807) is 0 Å². The first-order valence-electron chi connectivity index (χ1n) is 11.0. The summed E-state index contributed by atoms with van der Waals surface area (Å²) in [7, 11) is 4.11. The van der Waals surface area contributed by atoms with Gasteiger partial charge in [0.1, 0.15) is 11.9 Å². The highest BCUT2D eigenvalue weighted by atomic mass is 19.1. The van der Waals surface area contributed by atoms with E-state index in [9.17, 15) is 14.0 Å². The van der Waals surface area contributed by atoms with Crippen molar-refractivity contribution in [2.24, 2.45) is 23.2 Å². The van der Waals surface area contributed by atoms with Gasteiger partial charge in [0.05, 0.1) is 27.2 Å². The van der Waals surface area contributed by atoms with E-state index >= 15 is 0 Å². The first-order valence-corrected chi connectivity index (χ1v) is 11.0. The first-order chi connectivity index (χ1) is 13.8. The molecule has 1 atom stereocenters. The Labute approximate surface area is 172 Å². The van der Waals surface area contributed by atoms with Gasteiger partial charge in [0, 0.05) is 11.0 Å². The lowest BCUT2D eigenvalue weighted by molar-refractivity contribution is -0.856. The van der Waals surface area contributed by atoms with Crippen molar-refractivity contribution in [3.8, 4) is 0 Å². The van der Waals surface area contributed by atoms with E-state index in [1.165, 1.54) is 48.4 Å². The van der Waals surface area contributed by atoms with E-state index in [2.05, 4.69) is 24.7 Å². The van der Waals surface area contributed by atoms with Crippen LogP contribution in [-0.2, 0) is 4.79 Å². The topological polar surface area (TPSA) is 62.6 Å². The number of amides is 2. The molecule has 0 radical (unpaired) electrons. The Hall–Kier alpha value is -1.95. The first kappa shape index (κ1) is 20.3. The molecule has 0 aromatic heterocycles. The van der Waals surface area contributed by atoms with Crippen LogP contribution >= 0.6 is 0 Å². The number of hydrogen-bond donors (Lipinski definition) is 3. The predicted molar refractivity (Wildman–Crippen MR) is 109 cm³/mol. The molecule has 1 aromatic carbocycles. The zero-order valence-electron chi connectivity index (χ0n) is 17.5. The fourth-order valence-electron chi connectivity index (χ4n) is 6.38. The summed E-state index contributed by atoms with van der Waals surface area (Å²) >= 11 is 0. The molecular formula is C23H33FN3O2+. The Balaban J connectivity index is 1.55. The normalized spacial score (nSPS) is 31.0. The molecule has 1 aromatic rings. The second kappa shape index (κ2) is 8.05. The number of nitrogens with one attached hydrogen (secondary N) is 3. The van der Waals surface area contributed by atoms with Gasteiger partial charge in [-0.3, -0.25) is 9.59 Å². The largest absolute Gasteiger partial charge is 0.349 e. The molecule has 5 nitrogen and oxygen atoms in total. The third-order valence-electron chi connectivity index (χ3n) is 7.27. The fraction of sp³-hybridized carbons (Fsp3) is 0.652. The van der Waals surface area contributed by atoms with Crippen molar-refractivity contribution < 1.29 is 18.9 Å². The summed E-state index contributed by atoms with van der Waals surface area (Å²) in [5, 5.41) is 6.14. The molecule has 29 heavy (non-hydrogen) atoms. The van der Waals surface area contributed by atoms with Crippen molar-refractivity contribution in [2.45, 2.75) is 44.6 Å². The molecule has 4 aliphatic carbocycles. The predicted octanol–water partition coefficient (Wildman–Crippen LogP) is 1.40. The second-order valence-electron chi connectivity index (χ2n) is 9.94. The van der Waals surface area contributed by atoms with Gasteiger partial charge in [-0.05, 0) is 80.5 Å². The Bertz CT molecular complexity index is 727. The van der Waals surface area contributed by atoms with E-state index < -0.39 is 6.04 Å². The molecule has 4 bridgehead atoms. The minimum absolute atomic E-state index is 0.0661. The molecule has 4 aliphatic rings. The summed E-state index contributed by atoms with van der Waals surface area (Å²) in [6.45, 7) is 1.43. The fourth-order valence-corrected chi connectivity index (χ4v) is 6.38. The minimum Gasteiger partial charge on any atom is -0.349 e. The standard InChI is InChI=1S/C23H32FN3O2/c1-27(2)8-7-25-22(29)20(26-21(28)18-3-5-19(24)6-4-18)23-12-15-9-16(13-23)11-17(10-15)14-23/h3-6,15-17,20H,7-14H2,1-2H3,(H,25,29)(H,26,28)/p+1/t15?,16?,17?,20-,23?/m0/s1.